The number of oxazole rings is 1. The summed E-state index contributed by atoms with van der Waals surface area (Å²) in [5.41, 5.74) is -2.05. The molecular weight excluding hydrogens is 492 g/mol. The molecule has 1 atom stereocenters. The highest BCUT2D eigenvalue weighted by Crippen LogP contribution is 2.47. The third kappa shape index (κ3) is 4.47. The number of halogens is 4. The number of hydrogen-bond donors (Lipinski definition) is 0. The molecule has 1 fully saturated rings. The molecule has 192 valence electrons. The molecule has 0 unspecified atom stereocenters. The third-order valence-electron chi connectivity index (χ3n) is 5.95. The Morgan fingerprint density at radius 3 is 2.24 bits per heavy atom. The largest absolute Gasteiger partial charge is 0.437 e. The molecule has 10 heteroatoms. The lowest BCUT2D eigenvalue weighted by molar-refractivity contribution is -0.158. The van der Waals surface area contributed by atoms with Crippen molar-refractivity contribution in [2.75, 3.05) is 0 Å². The zero-order chi connectivity index (χ0) is 26.7. The quantitative estimate of drug-likeness (QED) is 0.298. The van der Waals surface area contributed by atoms with E-state index in [4.69, 9.17) is 13.9 Å². The van der Waals surface area contributed by atoms with Gasteiger partial charge in [-0.15, -0.1) is 0 Å². The molecule has 2 aromatic heterocycles. The second-order valence-electron chi connectivity index (χ2n) is 9.65. The van der Waals surface area contributed by atoms with E-state index < -0.39 is 52.0 Å². The first-order chi connectivity index (χ1) is 17.4. The van der Waals surface area contributed by atoms with Crippen LogP contribution in [-0.2, 0) is 9.47 Å². The van der Waals surface area contributed by atoms with Crippen LogP contribution < -0.4 is 5.56 Å². The summed E-state index contributed by atoms with van der Waals surface area (Å²) >= 11 is 0. The molecule has 0 saturated carbocycles. The second-order valence-corrected chi connectivity index (χ2v) is 9.65. The minimum atomic E-state index is -0.973. The fourth-order valence-electron chi connectivity index (χ4n) is 4.51. The zero-order valence-corrected chi connectivity index (χ0v) is 20.3. The number of aromatic nitrogens is 2. The van der Waals surface area contributed by atoms with E-state index in [1.165, 1.54) is 24.4 Å². The summed E-state index contributed by atoms with van der Waals surface area (Å²) < 4.78 is 76.3. The first kappa shape index (κ1) is 24.9. The zero-order valence-electron chi connectivity index (χ0n) is 20.3. The Hall–Kier alpha value is -3.76. The minimum Gasteiger partial charge on any atom is -0.437 e. The van der Waals surface area contributed by atoms with Crippen molar-refractivity contribution in [2.24, 2.45) is 0 Å². The normalized spacial score (nSPS) is 18.3. The van der Waals surface area contributed by atoms with E-state index in [0.29, 0.717) is 6.07 Å². The van der Waals surface area contributed by atoms with Crippen molar-refractivity contribution in [3.63, 3.8) is 0 Å². The van der Waals surface area contributed by atoms with Gasteiger partial charge in [0, 0.05) is 23.9 Å². The van der Waals surface area contributed by atoms with Gasteiger partial charge in [0.1, 0.15) is 40.3 Å². The molecule has 0 aliphatic carbocycles. The third-order valence-corrected chi connectivity index (χ3v) is 5.95. The summed E-state index contributed by atoms with van der Waals surface area (Å²) in [6, 6.07) is 8.62. The van der Waals surface area contributed by atoms with Gasteiger partial charge in [0.25, 0.3) is 5.56 Å². The maximum Gasteiger partial charge on any atom is 0.255 e. The van der Waals surface area contributed by atoms with Crippen LogP contribution >= 0.6 is 0 Å². The van der Waals surface area contributed by atoms with Crippen molar-refractivity contribution in [3.05, 3.63) is 94.2 Å². The highest BCUT2D eigenvalue weighted by atomic mass is 19.1. The molecule has 4 aromatic rings. The number of para-hydroxylation sites is 1. The molecule has 0 spiro atoms. The maximum absolute atomic E-state index is 14.9. The number of ether oxygens (including phenoxy) is 2. The number of hydrogen-bond acceptors (Lipinski definition) is 5. The molecule has 37 heavy (non-hydrogen) atoms. The summed E-state index contributed by atoms with van der Waals surface area (Å²) in [6.45, 7) is 6.99. The Kier molecular flexibility index (Phi) is 5.84. The molecule has 1 aliphatic rings. The molecule has 0 bridgehead atoms. The molecule has 0 N–H and O–H groups in total. The molecule has 5 rings (SSSR count). The predicted molar refractivity (Wildman–Crippen MR) is 126 cm³/mol. The van der Waals surface area contributed by atoms with Crippen LogP contribution in [0.5, 0.6) is 0 Å². The lowest BCUT2D eigenvalue weighted by atomic mass is 10.0. The minimum absolute atomic E-state index is 0.0409. The van der Waals surface area contributed by atoms with Crippen molar-refractivity contribution in [1.82, 2.24) is 9.55 Å². The first-order valence-corrected chi connectivity index (χ1v) is 11.4. The molecule has 3 heterocycles. The van der Waals surface area contributed by atoms with Crippen LogP contribution in [0.2, 0.25) is 0 Å². The van der Waals surface area contributed by atoms with Crippen molar-refractivity contribution in [3.8, 4) is 28.3 Å². The van der Waals surface area contributed by atoms with Gasteiger partial charge in [-0.05, 0) is 58.0 Å². The van der Waals surface area contributed by atoms with E-state index in [1.807, 2.05) is 0 Å². The fraction of sp³-hybridized carbons (Fsp3) is 0.259. The van der Waals surface area contributed by atoms with Gasteiger partial charge in [-0.25, -0.2) is 22.5 Å². The highest BCUT2D eigenvalue weighted by Gasteiger charge is 2.50. The van der Waals surface area contributed by atoms with Crippen LogP contribution in [0.1, 0.15) is 39.7 Å². The second kappa shape index (κ2) is 8.67. The standard InChI is InChI=1S/C27H22F4N2O4/c1-26(2)24(36-27(3,4)37-26)25-32-21(23(35-25)16-10-9-15(28)12-19(16)31)14-8-11-20(34)33(13-14)22-17(29)6-5-7-18(22)30/h5-13,24H,1-4H3/t24-/m1/s1. The van der Waals surface area contributed by atoms with Crippen molar-refractivity contribution in [2.45, 2.75) is 45.2 Å². The molecular formula is C27H22F4N2O4. The van der Waals surface area contributed by atoms with Crippen LogP contribution in [0.25, 0.3) is 28.3 Å². The van der Waals surface area contributed by atoms with Gasteiger partial charge in [-0.1, -0.05) is 6.07 Å². The molecule has 1 aliphatic heterocycles. The Bertz CT molecular complexity index is 1550. The van der Waals surface area contributed by atoms with Crippen LogP contribution in [0.15, 0.2) is 63.9 Å². The van der Waals surface area contributed by atoms with Crippen LogP contribution in [0.4, 0.5) is 17.6 Å². The molecule has 1 saturated heterocycles. The van der Waals surface area contributed by atoms with Crippen LogP contribution in [-0.4, -0.2) is 20.9 Å². The van der Waals surface area contributed by atoms with Crippen molar-refractivity contribution >= 4 is 0 Å². The van der Waals surface area contributed by atoms with E-state index >= 15 is 0 Å². The Morgan fingerprint density at radius 1 is 0.919 bits per heavy atom. The number of nitrogens with zero attached hydrogens (tertiary/aromatic N) is 2. The average Bonchev–Trinajstić information content (AvgIpc) is 3.31. The summed E-state index contributed by atoms with van der Waals surface area (Å²) in [5.74, 6) is -4.63. The Balaban J connectivity index is 1.73. The summed E-state index contributed by atoms with van der Waals surface area (Å²) in [7, 11) is 0. The van der Waals surface area contributed by atoms with Gasteiger partial charge in [0.15, 0.2) is 17.7 Å². The molecule has 0 amide bonds. The van der Waals surface area contributed by atoms with Gasteiger partial charge < -0.3 is 13.9 Å². The van der Waals surface area contributed by atoms with Gasteiger partial charge in [0.2, 0.25) is 5.89 Å². The maximum atomic E-state index is 14.9. The lowest BCUT2D eigenvalue weighted by Gasteiger charge is -2.22. The SMILES string of the molecule is CC1(C)O[C@H](c2nc(-c3ccc(=O)n(-c4c(F)cccc4F)c3)c(-c3ccc(F)cc3F)o2)C(C)(C)O1. The number of rotatable bonds is 4. The van der Waals surface area contributed by atoms with E-state index in [0.717, 1.165) is 28.8 Å². The lowest BCUT2D eigenvalue weighted by Crippen LogP contribution is -2.28. The fourth-order valence-corrected chi connectivity index (χ4v) is 4.51. The number of benzene rings is 2. The molecule has 2 aromatic carbocycles. The van der Waals surface area contributed by atoms with Crippen molar-refractivity contribution < 1.29 is 31.5 Å². The first-order valence-electron chi connectivity index (χ1n) is 11.4. The topological polar surface area (TPSA) is 66.5 Å². The van der Waals surface area contributed by atoms with E-state index in [-0.39, 0.29) is 28.5 Å². The van der Waals surface area contributed by atoms with E-state index in [1.54, 1.807) is 27.7 Å². The molecule has 0 radical (unpaired) electrons. The van der Waals surface area contributed by atoms with Gasteiger partial charge >= 0.3 is 0 Å². The summed E-state index contributed by atoms with van der Waals surface area (Å²) in [4.78, 5) is 17.1. The van der Waals surface area contributed by atoms with Gasteiger partial charge in [-0.3, -0.25) is 9.36 Å². The Morgan fingerprint density at radius 2 is 1.62 bits per heavy atom. The smallest absolute Gasteiger partial charge is 0.255 e. The molecule has 6 nitrogen and oxygen atoms in total. The van der Waals surface area contributed by atoms with Crippen molar-refractivity contribution in [1.29, 1.82) is 0 Å². The summed E-state index contributed by atoms with van der Waals surface area (Å²) in [6.07, 6.45) is 0.366. The van der Waals surface area contributed by atoms with Gasteiger partial charge in [0.05, 0.1) is 5.56 Å². The van der Waals surface area contributed by atoms with E-state index in [9.17, 15) is 22.4 Å². The monoisotopic (exact) mass is 514 g/mol. The van der Waals surface area contributed by atoms with Crippen LogP contribution in [0.3, 0.4) is 0 Å². The van der Waals surface area contributed by atoms with E-state index in [2.05, 4.69) is 4.98 Å². The van der Waals surface area contributed by atoms with Gasteiger partial charge in [-0.2, -0.15) is 0 Å². The number of pyridine rings is 1. The summed E-state index contributed by atoms with van der Waals surface area (Å²) in [5, 5.41) is 0. The highest BCUT2D eigenvalue weighted by molar-refractivity contribution is 5.77. The van der Waals surface area contributed by atoms with Crippen LogP contribution in [0, 0.1) is 23.3 Å². The Labute approximate surface area is 209 Å². The average molecular weight is 514 g/mol. The predicted octanol–water partition coefficient (Wildman–Crippen LogP) is 6.32.